The van der Waals surface area contributed by atoms with Crippen molar-refractivity contribution < 1.29 is 67.5 Å². The average molecular weight is 1050 g/mol. The lowest BCUT2D eigenvalue weighted by Gasteiger charge is -2.41. The average Bonchev–Trinajstić information content (AvgIpc) is 3.92. The minimum atomic E-state index is -2.11. The molecule has 4 aliphatic heterocycles. The van der Waals surface area contributed by atoms with Crippen LogP contribution < -0.4 is 26.0 Å². The summed E-state index contributed by atoms with van der Waals surface area (Å²) in [6.45, 7) is 10.0. The number of alkyl carbamates (subject to hydrolysis) is 1. The number of carbonyl (C=O) groups excluding carboxylic acids is 7. The molecule has 4 aliphatic rings. The summed E-state index contributed by atoms with van der Waals surface area (Å²) in [4.78, 5) is 93.5. The van der Waals surface area contributed by atoms with Crippen molar-refractivity contribution in [1.29, 1.82) is 0 Å². The Morgan fingerprint density at radius 2 is 1.85 bits per heavy atom. The number of rotatable bonds is 19. The molecule has 6 N–H and O–H groups in total. The molecular formula is C48H67ClN6O14S2. The Hall–Kier alpha value is -4.68. The first-order valence-electron chi connectivity index (χ1n) is 23.3. The summed E-state index contributed by atoms with van der Waals surface area (Å²) < 4.78 is 28.5. The number of nitrogens with one attached hydrogen (secondary N) is 2. The Morgan fingerprint density at radius 1 is 1.14 bits per heavy atom. The smallest absolute Gasteiger partial charge is 0.409 e. The molecule has 0 aliphatic carbocycles. The van der Waals surface area contributed by atoms with Gasteiger partial charge in [0.1, 0.15) is 34.7 Å². The van der Waals surface area contributed by atoms with Crippen molar-refractivity contribution in [3.63, 3.8) is 0 Å². The molecule has 2 fully saturated rings. The molecule has 4 bridgehead atoms. The van der Waals surface area contributed by atoms with Gasteiger partial charge in [-0.1, -0.05) is 63.9 Å². The monoisotopic (exact) mass is 1050 g/mol. The highest BCUT2D eigenvalue weighted by Crippen LogP contribution is 2.49. The maximum absolute atomic E-state index is 14.3. The summed E-state index contributed by atoms with van der Waals surface area (Å²) >= 11 is 6.78. The molecule has 0 aromatic heterocycles. The molecule has 5 rings (SSSR count). The maximum atomic E-state index is 14.3. The van der Waals surface area contributed by atoms with Crippen LogP contribution in [0, 0.1) is 5.92 Å². The highest BCUT2D eigenvalue weighted by atomic mass is 35.5. The number of fused-ring (bicyclic) bond motifs is 5. The Bertz CT molecular complexity index is 2250. The number of aliphatic hydroxyl groups excluding tert-OH is 1. The number of carbonyl (C=O) groups is 7. The molecule has 71 heavy (non-hydrogen) atoms. The van der Waals surface area contributed by atoms with Crippen LogP contribution in [0.5, 0.6) is 5.75 Å². The predicted octanol–water partition coefficient (Wildman–Crippen LogP) is 3.53. The summed E-state index contributed by atoms with van der Waals surface area (Å²) in [5.41, 5.74) is 4.81. The summed E-state index contributed by atoms with van der Waals surface area (Å²) in [6, 6.07) is 3.47. The summed E-state index contributed by atoms with van der Waals surface area (Å²) in [6.07, 6.45) is 1.04. The van der Waals surface area contributed by atoms with Gasteiger partial charge >= 0.3 is 12.1 Å². The number of aliphatic hydroxyl groups is 2. The van der Waals surface area contributed by atoms with Crippen molar-refractivity contribution in [2.45, 2.75) is 126 Å². The Balaban J connectivity index is 1.18. The summed E-state index contributed by atoms with van der Waals surface area (Å²) in [7, 11) is 7.51. The first-order chi connectivity index (χ1) is 33.4. The number of ether oxygens (including phenoxy) is 5. The number of amides is 6. The van der Waals surface area contributed by atoms with E-state index in [0.29, 0.717) is 49.4 Å². The molecule has 4 heterocycles. The number of allylic oxidation sites excluding steroid dienone is 3. The first-order valence-corrected chi connectivity index (χ1v) is 26.0. The standard InChI is InChI=1S/C48H67ClN6O14S2/c1-28-11-9-12-34(56)48(64)27-33(67-45(63)52-48)29(2)42-47(5,69-42)35(26-40(61)53(6)31-24-30(23-28)25-32(65-8)41(31)49)68-44(62)43(50)54(7)37(58)16-17-46(3,4)71-70-22-10-13-36(57)51-18-20-66-21-19-55-38(59)14-15-39(55)60/h9,11-12,14-15,24-25,29,33-35,42-43,56,64H,10,13,16-23,26-27,50H2,1-8H3,(H,51,57)(H,52,63)/b12-9+,28-11+/t29-,33+,34-,35+,42+,43-,47+,48+/m1/s1. The number of methoxy groups -OCH3 is 1. The van der Waals surface area contributed by atoms with Gasteiger partial charge in [-0.25, -0.2) is 9.59 Å². The number of imide groups is 1. The normalized spacial score (nSPS) is 27.4. The molecule has 2 saturated heterocycles. The molecule has 20 nitrogen and oxygen atoms in total. The number of nitrogens with two attached hydrogens (primary N) is 1. The molecule has 0 saturated carbocycles. The second-order valence-corrected chi connectivity index (χ2v) is 22.4. The zero-order chi connectivity index (χ0) is 52.4. The van der Waals surface area contributed by atoms with Crippen LogP contribution in [0.25, 0.3) is 0 Å². The minimum Gasteiger partial charge on any atom is -0.495 e. The number of benzene rings is 1. The molecule has 392 valence electrons. The van der Waals surface area contributed by atoms with Crippen LogP contribution in [0.2, 0.25) is 5.02 Å². The zero-order valence-electron chi connectivity index (χ0n) is 41.4. The largest absolute Gasteiger partial charge is 0.495 e. The highest BCUT2D eigenvalue weighted by molar-refractivity contribution is 8.77. The van der Waals surface area contributed by atoms with Crippen molar-refractivity contribution in [2.75, 3.05) is 58.2 Å². The molecule has 6 amide bonds. The molecule has 0 spiro atoms. The molecule has 23 heteroatoms. The first kappa shape index (κ1) is 57.2. The number of epoxide rings is 1. The van der Waals surface area contributed by atoms with Crippen LogP contribution >= 0.6 is 33.2 Å². The highest BCUT2D eigenvalue weighted by Gasteiger charge is 2.64. The van der Waals surface area contributed by atoms with Gasteiger partial charge in [-0.15, -0.1) is 0 Å². The van der Waals surface area contributed by atoms with E-state index in [1.54, 1.807) is 59.7 Å². The van der Waals surface area contributed by atoms with Gasteiger partial charge in [0.25, 0.3) is 11.8 Å². The number of hydrogen-bond donors (Lipinski definition) is 5. The van der Waals surface area contributed by atoms with Crippen LogP contribution in [0.3, 0.4) is 0 Å². The fourth-order valence-electron chi connectivity index (χ4n) is 8.25. The lowest BCUT2D eigenvalue weighted by molar-refractivity contribution is -0.162. The number of anilines is 1. The second-order valence-electron chi connectivity index (χ2n) is 18.9. The van der Waals surface area contributed by atoms with E-state index in [1.165, 1.54) is 44.3 Å². The second kappa shape index (κ2) is 24.8. The van der Waals surface area contributed by atoms with E-state index in [2.05, 4.69) is 10.6 Å². The number of esters is 1. The number of likely N-dealkylation sites (N-methyl/N-ethyl adjacent to an activating group) is 1. The molecule has 1 aromatic rings. The van der Waals surface area contributed by atoms with Crippen molar-refractivity contribution in [2.24, 2.45) is 11.7 Å². The fraction of sp³-hybridized carbons (Fsp3) is 0.604. The fourth-order valence-corrected chi connectivity index (χ4v) is 11.2. The number of nitrogens with zero attached hydrogens (tertiary/aromatic N) is 3. The van der Waals surface area contributed by atoms with Gasteiger partial charge in [0.05, 0.1) is 45.1 Å². The summed E-state index contributed by atoms with van der Waals surface area (Å²) in [5, 5.41) is 27.9. The van der Waals surface area contributed by atoms with Crippen LogP contribution in [-0.4, -0.2) is 162 Å². The van der Waals surface area contributed by atoms with E-state index in [1.807, 2.05) is 20.8 Å². The van der Waals surface area contributed by atoms with Gasteiger partial charge in [0, 0.05) is 68.5 Å². The Morgan fingerprint density at radius 3 is 2.54 bits per heavy atom. The van der Waals surface area contributed by atoms with Crippen molar-refractivity contribution in [3.8, 4) is 5.75 Å². The lowest BCUT2D eigenvalue weighted by atomic mass is 9.83. The third-order valence-corrected chi connectivity index (χ3v) is 16.6. The quantitative estimate of drug-likeness (QED) is 0.0331. The number of hydrogen-bond acceptors (Lipinski definition) is 17. The van der Waals surface area contributed by atoms with Crippen LogP contribution in [0.15, 0.2) is 48.1 Å². The van der Waals surface area contributed by atoms with Crippen LogP contribution in [0.4, 0.5) is 10.5 Å². The molecular weight excluding hydrogens is 984 g/mol. The molecule has 1 aromatic carbocycles. The van der Waals surface area contributed by atoms with Crippen molar-refractivity contribution in [1.82, 2.24) is 20.4 Å². The number of halogens is 1. The van der Waals surface area contributed by atoms with Crippen LogP contribution in [-0.2, 0) is 54.1 Å². The maximum Gasteiger partial charge on any atom is 0.409 e. The van der Waals surface area contributed by atoms with Gasteiger partial charge in [-0.05, 0) is 64.7 Å². The van der Waals surface area contributed by atoms with Gasteiger partial charge in [-0.3, -0.25) is 34.2 Å². The molecule has 0 unspecified atom stereocenters. The third-order valence-electron chi connectivity index (χ3n) is 12.8. The van der Waals surface area contributed by atoms with Gasteiger partial charge in [0.15, 0.2) is 11.9 Å². The van der Waals surface area contributed by atoms with Gasteiger partial charge in [0.2, 0.25) is 17.7 Å². The van der Waals surface area contributed by atoms with E-state index >= 15 is 0 Å². The minimum absolute atomic E-state index is 0.0432. The molecule has 0 radical (unpaired) electrons. The van der Waals surface area contributed by atoms with E-state index in [-0.39, 0.29) is 60.1 Å². The Kier molecular flexibility index (Phi) is 20.0. The van der Waals surface area contributed by atoms with E-state index < -0.39 is 78.1 Å². The summed E-state index contributed by atoms with van der Waals surface area (Å²) in [5.74, 6) is -2.50. The topological polar surface area (TPSA) is 269 Å². The van der Waals surface area contributed by atoms with Crippen molar-refractivity contribution in [3.05, 3.63) is 58.7 Å². The van der Waals surface area contributed by atoms with Crippen LogP contribution in [0.1, 0.15) is 78.7 Å². The third kappa shape index (κ3) is 15.2. The van der Waals surface area contributed by atoms with E-state index in [9.17, 15) is 43.8 Å². The van der Waals surface area contributed by atoms with Gasteiger partial charge in [-0.2, -0.15) is 0 Å². The zero-order valence-corrected chi connectivity index (χ0v) is 43.8. The van der Waals surface area contributed by atoms with E-state index in [4.69, 9.17) is 41.0 Å². The lowest BCUT2D eigenvalue weighted by Crippen LogP contribution is -2.63. The van der Waals surface area contributed by atoms with Gasteiger partial charge < -0.3 is 54.7 Å². The molecule has 8 atom stereocenters. The van der Waals surface area contributed by atoms with Crippen molar-refractivity contribution >= 4 is 80.5 Å². The Labute approximate surface area is 427 Å². The van der Waals surface area contributed by atoms with E-state index in [0.717, 1.165) is 20.9 Å². The SMILES string of the molecule is COc1cc2cc(c1Cl)N(C)C(=O)C[C@H](OC(=O)[C@H](N)N(C)C(=O)CCC(C)(C)SSCCCC(=O)NCCOCCN1C(=O)C=CC1=O)[C@]1(C)O[C@H]1[C@H](C)[C@@H]1C[C@@](O)(NC(=O)O1)[C@H](O)/C=C/C=C(\C)C2. The predicted molar refractivity (Wildman–Crippen MR) is 267 cm³/mol.